The number of benzene rings is 2. The Morgan fingerprint density at radius 2 is 1.79 bits per heavy atom. The Kier molecular flexibility index (Phi) is 8.11. The summed E-state index contributed by atoms with van der Waals surface area (Å²) in [4.78, 5) is 38.0. The van der Waals surface area contributed by atoms with Gasteiger partial charge in [-0.15, -0.1) is 0 Å². The number of rotatable bonds is 9. The maximum Gasteiger partial charge on any atom is 0.336 e. The van der Waals surface area contributed by atoms with Gasteiger partial charge in [0, 0.05) is 48.5 Å². The molecule has 200 valence electrons. The fraction of sp³-hybridized carbons (Fsp3) is 0.357. The summed E-state index contributed by atoms with van der Waals surface area (Å²) in [6.45, 7) is 1.99. The van der Waals surface area contributed by atoms with Crippen LogP contribution >= 0.6 is 0 Å². The highest BCUT2D eigenvalue weighted by Crippen LogP contribution is 2.46. The average molecular weight is 523 g/mol. The fourth-order valence-corrected chi connectivity index (χ4v) is 5.10. The molecule has 0 fully saturated rings. The molecule has 0 saturated carbocycles. The van der Waals surface area contributed by atoms with Gasteiger partial charge in [-0.3, -0.25) is 14.9 Å². The van der Waals surface area contributed by atoms with Gasteiger partial charge in [-0.1, -0.05) is 18.2 Å². The molecule has 10 nitrogen and oxygen atoms in total. The summed E-state index contributed by atoms with van der Waals surface area (Å²) in [6, 6.07) is 11.6. The lowest BCUT2D eigenvalue weighted by Gasteiger charge is -2.36. The Hall–Kier alpha value is -4.18. The first-order valence-electron chi connectivity index (χ1n) is 12.1. The van der Waals surface area contributed by atoms with Gasteiger partial charge >= 0.3 is 5.97 Å². The predicted octanol–water partition coefficient (Wildman–Crippen LogP) is 4.16. The van der Waals surface area contributed by atoms with E-state index in [2.05, 4.69) is 5.32 Å². The van der Waals surface area contributed by atoms with Gasteiger partial charge in [-0.2, -0.15) is 0 Å². The number of carbonyl (C=O) groups is 2. The average Bonchev–Trinajstić information content (AvgIpc) is 2.91. The van der Waals surface area contributed by atoms with Crippen molar-refractivity contribution in [2.45, 2.75) is 31.6 Å². The van der Waals surface area contributed by atoms with E-state index in [0.29, 0.717) is 40.5 Å². The molecule has 1 N–H and O–H groups in total. The van der Waals surface area contributed by atoms with Gasteiger partial charge in [0.05, 0.1) is 31.3 Å². The summed E-state index contributed by atoms with van der Waals surface area (Å²) in [5, 5.41) is 14.8. The van der Waals surface area contributed by atoms with Crippen LogP contribution in [-0.2, 0) is 19.1 Å². The second-order valence-electron chi connectivity index (χ2n) is 9.11. The highest BCUT2D eigenvalue weighted by Gasteiger charge is 2.42. The van der Waals surface area contributed by atoms with Crippen LogP contribution in [0.5, 0.6) is 11.5 Å². The molecule has 0 aromatic heterocycles. The van der Waals surface area contributed by atoms with Crippen LogP contribution in [0.4, 0.5) is 5.69 Å². The van der Waals surface area contributed by atoms with Crippen LogP contribution in [-0.4, -0.2) is 51.2 Å². The number of carbonyl (C=O) groups excluding carboxylic acids is 2. The number of non-ortho nitro benzene ring substituents is 1. The Bertz CT molecular complexity index is 1330. The van der Waals surface area contributed by atoms with E-state index >= 15 is 0 Å². The third-order valence-corrected chi connectivity index (χ3v) is 6.86. The van der Waals surface area contributed by atoms with Crippen LogP contribution < -0.4 is 14.8 Å². The molecule has 0 amide bonds. The molecular formula is C28H30N2O8. The zero-order chi connectivity index (χ0) is 27.4. The highest BCUT2D eigenvalue weighted by atomic mass is 16.6. The molecule has 0 bridgehead atoms. The van der Waals surface area contributed by atoms with Crippen molar-refractivity contribution < 1.29 is 33.5 Å². The lowest BCUT2D eigenvalue weighted by molar-refractivity contribution is -0.384. The minimum Gasteiger partial charge on any atom is -0.493 e. The number of nitrogens with one attached hydrogen (secondary N) is 1. The van der Waals surface area contributed by atoms with Crippen molar-refractivity contribution in [3.05, 3.63) is 86.2 Å². The monoisotopic (exact) mass is 522 g/mol. The maximum absolute atomic E-state index is 13.7. The van der Waals surface area contributed by atoms with Gasteiger partial charge in [0.1, 0.15) is 6.61 Å². The summed E-state index contributed by atoms with van der Waals surface area (Å²) >= 11 is 0. The van der Waals surface area contributed by atoms with E-state index in [-0.39, 0.29) is 42.6 Å². The van der Waals surface area contributed by atoms with Crippen LogP contribution in [0.3, 0.4) is 0 Å². The number of esters is 1. The first-order valence-corrected chi connectivity index (χ1v) is 12.1. The number of methoxy groups -OCH3 is 3. The fourth-order valence-electron chi connectivity index (χ4n) is 5.10. The largest absolute Gasteiger partial charge is 0.493 e. The van der Waals surface area contributed by atoms with E-state index in [9.17, 15) is 19.7 Å². The first-order chi connectivity index (χ1) is 18.3. The number of ketones is 1. The second kappa shape index (κ2) is 11.5. The van der Waals surface area contributed by atoms with E-state index in [1.54, 1.807) is 33.3 Å². The standard InChI is InChI=1S/C28H30N2O8/c1-16-25(28(32)38-11-10-35-2)26(18-6-5-7-20(12-18)30(33)34)27-21(29-16)13-19(14-22(27)31)17-8-9-23(36-3)24(15-17)37-4/h5-9,12,15,19,26,29H,10-11,13-14H2,1-4H3/t19-,26-/m0/s1. The number of Topliss-reactive ketones (excluding diaryl/α,β-unsaturated/α-hetero) is 1. The van der Waals surface area contributed by atoms with E-state index < -0.39 is 16.8 Å². The Balaban J connectivity index is 1.77. The summed E-state index contributed by atoms with van der Waals surface area (Å²) in [5.74, 6) is -0.535. The molecule has 1 heterocycles. The molecule has 1 aliphatic heterocycles. The number of nitrogens with zero attached hydrogens (tertiary/aromatic N) is 1. The number of allylic oxidation sites excluding steroid dienone is 3. The van der Waals surface area contributed by atoms with E-state index in [1.165, 1.54) is 19.2 Å². The van der Waals surface area contributed by atoms with Gasteiger partial charge < -0.3 is 24.3 Å². The molecule has 2 aliphatic rings. The summed E-state index contributed by atoms with van der Waals surface area (Å²) in [5.41, 5.74) is 3.16. The zero-order valence-corrected chi connectivity index (χ0v) is 21.7. The third-order valence-electron chi connectivity index (χ3n) is 6.86. The Morgan fingerprint density at radius 1 is 1.03 bits per heavy atom. The number of nitro benzene ring substituents is 1. The molecule has 0 saturated heterocycles. The number of hydrogen-bond acceptors (Lipinski definition) is 9. The summed E-state index contributed by atoms with van der Waals surface area (Å²) in [7, 11) is 4.62. The van der Waals surface area contributed by atoms with Crippen LogP contribution in [0.1, 0.15) is 42.7 Å². The van der Waals surface area contributed by atoms with Crippen LogP contribution in [0.15, 0.2) is 65.0 Å². The minimum absolute atomic E-state index is 0.0367. The number of nitro groups is 1. The highest BCUT2D eigenvalue weighted by molar-refractivity contribution is 6.04. The van der Waals surface area contributed by atoms with Crippen molar-refractivity contribution in [1.82, 2.24) is 5.32 Å². The van der Waals surface area contributed by atoms with Crippen LogP contribution in [0.2, 0.25) is 0 Å². The van der Waals surface area contributed by atoms with E-state index in [0.717, 1.165) is 5.56 Å². The van der Waals surface area contributed by atoms with Crippen molar-refractivity contribution in [2.75, 3.05) is 34.5 Å². The summed E-state index contributed by atoms with van der Waals surface area (Å²) < 4.78 is 21.2. The minimum atomic E-state index is -0.806. The molecule has 1 aliphatic carbocycles. The molecule has 10 heteroatoms. The van der Waals surface area contributed by atoms with Gasteiger partial charge in [0.15, 0.2) is 17.3 Å². The SMILES string of the molecule is COCCOC(=O)C1=C(C)NC2=C(C(=O)C[C@@H](c3ccc(OC)c(OC)c3)C2)[C@H]1c1cccc([N+](=O)[O-])c1. The molecule has 2 aromatic carbocycles. The molecular weight excluding hydrogens is 492 g/mol. The lowest BCUT2D eigenvalue weighted by atomic mass is 9.71. The third kappa shape index (κ3) is 5.26. The Morgan fingerprint density at radius 3 is 2.47 bits per heavy atom. The van der Waals surface area contributed by atoms with Crippen LogP contribution in [0.25, 0.3) is 0 Å². The van der Waals surface area contributed by atoms with Crippen molar-refractivity contribution in [3.63, 3.8) is 0 Å². The summed E-state index contributed by atoms with van der Waals surface area (Å²) in [6.07, 6.45) is 0.706. The molecule has 0 radical (unpaired) electrons. The molecule has 2 atom stereocenters. The maximum atomic E-state index is 13.7. The van der Waals surface area contributed by atoms with Crippen molar-refractivity contribution in [3.8, 4) is 11.5 Å². The zero-order valence-electron chi connectivity index (χ0n) is 21.7. The first kappa shape index (κ1) is 26.9. The quantitative estimate of drug-likeness (QED) is 0.223. The van der Waals surface area contributed by atoms with Gasteiger partial charge in [-0.05, 0) is 42.5 Å². The van der Waals surface area contributed by atoms with E-state index in [1.807, 2.05) is 18.2 Å². The van der Waals surface area contributed by atoms with Crippen molar-refractivity contribution >= 4 is 17.4 Å². The van der Waals surface area contributed by atoms with Crippen molar-refractivity contribution in [2.24, 2.45) is 0 Å². The molecule has 2 aromatic rings. The van der Waals surface area contributed by atoms with Crippen LogP contribution in [0, 0.1) is 10.1 Å². The van der Waals surface area contributed by atoms with Crippen molar-refractivity contribution in [1.29, 1.82) is 0 Å². The normalized spacial score (nSPS) is 19.0. The molecule has 0 spiro atoms. The molecule has 4 rings (SSSR count). The number of hydrogen-bond donors (Lipinski definition) is 1. The number of ether oxygens (including phenoxy) is 4. The van der Waals surface area contributed by atoms with Gasteiger partial charge in [0.2, 0.25) is 0 Å². The topological polar surface area (TPSA) is 126 Å². The molecule has 38 heavy (non-hydrogen) atoms. The number of dihydropyridines is 1. The van der Waals surface area contributed by atoms with Gasteiger partial charge in [0.25, 0.3) is 5.69 Å². The lowest BCUT2D eigenvalue weighted by Crippen LogP contribution is -2.36. The van der Waals surface area contributed by atoms with Gasteiger partial charge in [-0.25, -0.2) is 4.79 Å². The van der Waals surface area contributed by atoms with E-state index in [4.69, 9.17) is 18.9 Å². The predicted molar refractivity (Wildman–Crippen MR) is 138 cm³/mol. The second-order valence-corrected chi connectivity index (χ2v) is 9.11. The molecule has 0 unspecified atom stereocenters. The Labute approximate surface area is 220 Å². The smallest absolute Gasteiger partial charge is 0.336 e.